The highest BCUT2D eigenvalue weighted by atomic mass is 32.2. The third-order valence-corrected chi connectivity index (χ3v) is 5.39. The quantitative estimate of drug-likeness (QED) is 0.725. The molecular formula is C19H26N2O4S. The zero-order valence-electron chi connectivity index (χ0n) is 15.2. The second kappa shape index (κ2) is 9.62. The highest BCUT2D eigenvalue weighted by Crippen LogP contribution is 2.23. The van der Waals surface area contributed by atoms with Crippen LogP contribution < -0.4 is 5.32 Å². The lowest BCUT2D eigenvalue weighted by molar-refractivity contribution is -0.138. The van der Waals surface area contributed by atoms with E-state index in [-0.39, 0.29) is 23.8 Å². The van der Waals surface area contributed by atoms with Crippen LogP contribution in [0.15, 0.2) is 24.3 Å². The van der Waals surface area contributed by atoms with Crippen molar-refractivity contribution in [1.82, 2.24) is 10.2 Å². The van der Waals surface area contributed by atoms with Crippen molar-refractivity contribution < 1.29 is 19.5 Å². The third kappa shape index (κ3) is 5.49. The van der Waals surface area contributed by atoms with Crippen molar-refractivity contribution in [2.24, 2.45) is 5.92 Å². The molecular weight excluding hydrogens is 352 g/mol. The highest BCUT2D eigenvalue weighted by Gasteiger charge is 2.34. The Balaban J connectivity index is 1.92. The van der Waals surface area contributed by atoms with Gasteiger partial charge in [0, 0.05) is 18.7 Å². The van der Waals surface area contributed by atoms with E-state index in [9.17, 15) is 19.5 Å². The molecule has 1 unspecified atom stereocenters. The summed E-state index contributed by atoms with van der Waals surface area (Å²) in [7, 11) is 0. The summed E-state index contributed by atoms with van der Waals surface area (Å²) in [5.41, 5.74) is 0.859. The van der Waals surface area contributed by atoms with Gasteiger partial charge in [-0.1, -0.05) is 32.0 Å². The highest BCUT2D eigenvalue weighted by molar-refractivity contribution is 7.99. The fourth-order valence-electron chi connectivity index (χ4n) is 2.84. The van der Waals surface area contributed by atoms with Crippen LogP contribution in [0.2, 0.25) is 0 Å². The molecule has 2 N–H and O–H groups in total. The van der Waals surface area contributed by atoms with Gasteiger partial charge in [-0.15, -0.1) is 11.8 Å². The molecule has 1 aromatic carbocycles. The lowest BCUT2D eigenvalue weighted by Gasteiger charge is -2.23. The van der Waals surface area contributed by atoms with Gasteiger partial charge in [0.1, 0.15) is 6.04 Å². The minimum atomic E-state index is -0.993. The number of carbonyl (C=O) groups is 3. The van der Waals surface area contributed by atoms with Gasteiger partial charge in [0.05, 0.1) is 11.4 Å². The minimum Gasteiger partial charge on any atom is -0.478 e. The molecule has 0 saturated carbocycles. The van der Waals surface area contributed by atoms with Crippen molar-refractivity contribution in [3.63, 3.8) is 0 Å². The Labute approximate surface area is 158 Å². The van der Waals surface area contributed by atoms with Crippen LogP contribution in [0, 0.1) is 5.92 Å². The van der Waals surface area contributed by atoms with E-state index < -0.39 is 12.0 Å². The lowest BCUT2D eigenvalue weighted by Crippen LogP contribution is -2.47. The number of carbonyl (C=O) groups excluding carboxylic acids is 2. The molecule has 0 radical (unpaired) electrons. The molecule has 26 heavy (non-hydrogen) atoms. The minimum absolute atomic E-state index is 0.102. The first-order valence-corrected chi connectivity index (χ1v) is 10.0. The molecule has 1 aromatic rings. The molecule has 1 saturated heterocycles. The molecule has 7 heteroatoms. The van der Waals surface area contributed by atoms with Gasteiger partial charge in [0.2, 0.25) is 11.8 Å². The molecule has 0 aliphatic carbocycles. The number of nitrogens with zero attached hydrogens (tertiary/aromatic N) is 1. The van der Waals surface area contributed by atoms with E-state index in [0.717, 1.165) is 6.42 Å². The van der Waals surface area contributed by atoms with E-state index in [0.29, 0.717) is 36.1 Å². The molecule has 1 aliphatic heterocycles. The average molecular weight is 378 g/mol. The Bertz CT molecular complexity index is 663. The summed E-state index contributed by atoms with van der Waals surface area (Å²) >= 11 is 1.57. The van der Waals surface area contributed by atoms with Crippen LogP contribution in [0.5, 0.6) is 0 Å². The van der Waals surface area contributed by atoms with Crippen LogP contribution in [0.1, 0.15) is 42.6 Å². The van der Waals surface area contributed by atoms with Crippen molar-refractivity contribution in [3.05, 3.63) is 35.4 Å². The second-order valence-electron chi connectivity index (χ2n) is 6.82. The van der Waals surface area contributed by atoms with Crippen LogP contribution in [0.3, 0.4) is 0 Å². The number of carboxylic acid groups (broad SMARTS) is 1. The summed E-state index contributed by atoms with van der Waals surface area (Å²) in [5.74, 6) is 0.411. The maximum absolute atomic E-state index is 12.6. The molecule has 1 atom stereocenters. The van der Waals surface area contributed by atoms with Gasteiger partial charge in [0.25, 0.3) is 0 Å². The monoisotopic (exact) mass is 378 g/mol. The summed E-state index contributed by atoms with van der Waals surface area (Å²) in [5, 5.41) is 12.1. The largest absolute Gasteiger partial charge is 0.478 e. The first-order valence-electron chi connectivity index (χ1n) is 8.86. The Morgan fingerprint density at radius 2 is 2.04 bits per heavy atom. The van der Waals surface area contributed by atoms with Crippen molar-refractivity contribution in [2.75, 3.05) is 18.2 Å². The lowest BCUT2D eigenvalue weighted by atomic mass is 10.0. The van der Waals surface area contributed by atoms with Crippen LogP contribution in [0.25, 0.3) is 0 Å². The van der Waals surface area contributed by atoms with Gasteiger partial charge in [-0.2, -0.15) is 0 Å². The smallest absolute Gasteiger partial charge is 0.335 e. The Kier molecular flexibility index (Phi) is 7.50. The Morgan fingerprint density at radius 3 is 2.73 bits per heavy atom. The number of aryl methyl sites for hydroxylation is 1. The number of carboxylic acids is 1. The van der Waals surface area contributed by atoms with Crippen LogP contribution in [-0.2, 0) is 16.0 Å². The van der Waals surface area contributed by atoms with Crippen molar-refractivity contribution in [3.8, 4) is 0 Å². The first-order chi connectivity index (χ1) is 12.4. The Morgan fingerprint density at radius 1 is 1.31 bits per heavy atom. The van der Waals surface area contributed by atoms with E-state index in [4.69, 9.17) is 0 Å². The number of amides is 2. The number of aromatic carboxylic acids is 1. The molecule has 0 spiro atoms. The normalized spacial score (nSPS) is 16.7. The van der Waals surface area contributed by atoms with Gasteiger partial charge < -0.3 is 15.3 Å². The van der Waals surface area contributed by atoms with E-state index in [2.05, 4.69) is 19.2 Å². The first kappa shape index (κ1) is 20.3. The van der Waals surface area contributed by atoms with Crippen molar-refractivity contribution >= 4 is 29.5 Å². The van der Waals surface area contributed by atoms with Crippen molar-refractivity contribution in [1.29, 1.82) is 0 Å². The van der Waals surface area contributed by atoms with Gasteiger partial charge in [-0.05, 0) is 30.4 Å². The number of nitrogens with one attached hydrogen (secondary N) is 1. The van der Waals surface area contributed by atoms with Gasteiger partial charge in [-0.3, -0.25) is 9.59 Å². The topological polar surface area (TPSA) is 86.7 Å². The van der Waals surface area contributed by atoms with Gasteiger partial charge in [0.15, 0.2) is 0 Å². The summed E-state index contributed by atoms with van der Waals surface area (Å²) in [4.78, 5) is 37.8. The van der Waals surface area contributed by atoms with E-state index in [1.807, 2.05) is 0 Å². The average Bonchev–Trinajstić information content (AvgIpc) is 3.09. The fraction of sp³-hybridized carbons (Fsp3) is 0.526. The molecule has 1 aliphatic rings. The van der Waals surface area contributed by atoms with E-state index in [1.54, 1.807) is 40.9 Å². The SMILES string of the molecule is CC(C)CCNC(=O)C1CSCN1C(=O)CCc1ccccc1C(=O)O. The summed E-state index contributed by atoms with van der Waals surface area (Å²) < 4.78 is 0. The summed E-state index contributed by atoms with van der Waals surface area (Å²) in [6.45, 7) is 4.82. The predicted molar refractivity (Wildman–Crippen MR) is 102 cm³/mol. The standard InChI is InChI=1S/C19H26N2O4S/c1-13(2)9-10-20-18(23)16-11-26-12-21(16)17(22)8-7-14-5-3-4-6-15(14)19(24)25/h3-6,13,16H,7-12H2,1-2H3,(H,20,23)(H,24,25). The van der Waals surface area contributed by atoms with Crippen LogP contribution >= 0.6 is 11.8 Å². The summed E-state index contributed by atoms with van der Waals surface area (Å²) in [6.07, 6.45) is 1.45. The molecule has 1 heterocycles. The number of hydrogen-bond acceptors (Lipinski definition) is 4. The van der Waals surface area contributed by atoms with Crippen LogP contribution in [0.4, 0.5) is 0 Å². The van der Waals surface area contributed by atoms with Crippen molar-refractivity contribution in [2.45, 2.75) is 39.2 Å². The molecule has 1 fully saturated rings. The second-order valence-corrected chi connectivity index (χ2v) is 7.81. The molecule has 6 nitrogen and oxygen atoms in total. The number of thioether (sulfide) groups is 1. The number of benzene rings is 1. The van der Waals surface area contributed by atoms with Crippen LogP contribution in [-0.4, -0.2) is 52.0 Å². The predicted octanol–water partition coefficient (Wildman–Crippen LogP) is 2.38. The maximum atomic E-state index is 12.6. The summed E-state index contributed by atoms with van der Waals surface area (Å²) in [6, 6.07) is 6.27. The van der Waals surface area contributed by atoms with Gasteiger partial charge in [-0.25, -0.2) is 4.79 Å². The molecule has 2 amide bonds. The number of rotatable bonds is 8. The zero-order valence-corrected chi connectivity index (χ0v) is 16.1. The van der Waals surface area contributed by atoms with Gasteiger partial charge >= 0.3 is 5.97 Å². The molecule has 0 aromatic heterocycles. The van der Waals surface area contributed by atoms with E-state index in [1.165, 1.54) is 0 Å². The fourth-order valence-corrected chi connectivity index (χ4v) is 4.02. The third-order valence-electron chi connectivity index (χ3n) is 4.38. The maximum Gasteiger partial charge on any atom is 0.335 e. The zero-order chi connectivity index (χ0) is 19.1. The number of hydrogen-bond donors (Lipinski definition) is 2. The molecule has 0 bridgehead atoms. The molecule has 2 rings (SSSR count). The molecule has 142 valence electrons. The van der Waals surface area contributed by atoms with E-state index >= 15 is 0 Å². The Hall–Kier alpha value is -2.02.